The number of hydrogen-bond donors (Lipinski definition) is 0. The van der Waals surface area contributed by atoms with Gasteiger partial charge in [0.2, 0.25) is 0 Å². The summed E-state index contributed by atoms with van der Waals surface area (Å²) in [6.07, 6.45) is 0. The molecule has 0 amide bonds. The quantitative estimate of drug-likeness (QED) is 0.644. The van der Waals surface area contributed by atoms with Crippen LogP contribution in [0.1, 0.15) is 16.7 Å². The molecule has 0 saturated heterocycles. The molecule has 0 spiro atoms. The first-order valence-corrected chi connectivity index (χ1v) is 6.54. The van der Waals surface area contributed by atoms with Gasteiger partial charge in [-0.05, 0) is 23.8 Å². The van der Waals surface area contributed by atoms with Gasteiger partial charge < -0.3 is 9.47 Å². The molecule has 0 aliphatic carbocycles. The van der Waals surface area contributed by atoms with Gasteiger partial charge in [0.1, 0.15) is 18.4 Å². The van der Waals surface area contributed by atoms with Crippen LogP contribution in [-0.4, -0.2) is 13.1 Å². The third-order valence-electron chi connectivity index (χ3n) is 2.83. The van der Waals surface area contributed by atoms with Crippen molar-refractivity contribution in [2.45, 2.75) is 6.61 Å². The Morgan fingerprint density at radius 2 is 1.95 bits per heavy atom. The van der Waals surface area contributed by atoms with E-state index in [9.17, 15) is 4.79 Å². The highest BCUT2D eigenvalue weighted by Crippen LogP contribution is 2.20. The van der Waals surface area contributed by atoms with Gasteiger partial charge in [-0.25, -0.2) is 4.79 Å². The van der Waals surface area contributed by atoms with Crippen LogP contribution in [0.4, 0.5) is 0 Å². The SMILES string of the molecule is COC(=O)C#Cc1ccc(C#N)c(OCc2ccccc2)c1. The van der Waals surface area contributed by atoms with Crippen molar-refractivity contribution in [3.8, 4) is 23.7 Å². The van der Waals surface area contributed by atoms with E-state index in [1.165, 1.54) is 7.11 Å². The predicted molar refractivity (Wildman–Crippen MR) is 80.8 cm³/mol. The third-order valence-corrected chi connectivity index (χ3v) is 2.83. The maximum atomic E-state index is 11.0. The van der Waals surface area contributed by atoms with E-state index in [-0.39, 0.29) is 0 Å². The molecule has 0 radical (unpaired) electrons. The number of nitrogens with zero attached hydrogens (tertiary/aromatic N) is 1. The maximum absolute atomic E-state index is 11.0. The molecule has 2 rings (SSSR count). The maximum Gasteiger partial charge on any atom is 0.384 e. The minimum absolute atomic E-state index is 0.351. The van der Waals surface area contributed by atoms with Crippen molar-refractivity contribution < 1.29 is 14.3 Å². The van der Waals surface area contributed by atoms with E-state index in [0.717, 1.165) is 5.56 Å². The first kappa shape index (κ1) is 15.2. The van der Waals surface area contributed by atoms with E-state index in [1.807, 2.05) is 30.3 Å². The highest BCUT2D eigenvalue weighted by molar-refractivity contribution is 5.89. The summed E-state index contributed by atoms with van der Waals surface area (Å²) in [6.45, 7) is 0.351. The molecule has 0 aliphatic rings. The van der Waals surface area contributed by atoms with Gasteiger partial charge in [0.25, 0.3) is 0 Å². The van der Waals surface area contributed by atoms with E-state index in [4.69, 9.17) is 10.00 Å². The number of carbonyl (C=O) groups is 1. The molecule has 0 N–H and O–H groups in total. The first-order valence-electron chi connectivity index (χ1n) is 6.54. The lowest BCUT2D eigenvalue weighted by Gasteiger charge is -2.08. The molecule has 0 aromatic heterocycles. The Morgan fingerprint density at radius 3 is 2.64 bits per heavy atom. The second-order valence-electron chi connectivity index (χ2n) is 4.34. The molecule has 0 bridgehead atoms. The van der Waals surface area contributed by atoms with Gasteiger partial charge in [0.05, 0.1) is 12.7 Å². The average Bonchev–Trinajstić information content (AvgIpc) is 2.58. The molecule has 0 heterocycles. The molecule has 0 aliphatic heterocycles. The van der Waals surface area contributed by atoms with Crippen molar-refractivity contribution in [1.29, 1.82) is 5.26 Å². The minimum Gasteiger partial charge on any atom is -0.487 e. The highest BCUT2D eigenvalue weighted by atomic mass is 16.5. The molecule has 0 atom stereocenters. The van der Waals surface area contributed by atoms with Crippen molar-refractivity contribution >= 4 is 5.97 Å². The second kappa shape index (κ2) is 7.52. The molecule has 0 saturated carbocycles. The van der Waals surface area contributed by atoms with Gasteiger partial charge in [-0.15, -0.1) is 0 Å². The summed E-state index contributed by atoms with van der Waals surface area (Å²) in [7, 11) is 1.27. The van der Waals surface area contributed by atoms with Crippen LogP contribution in [0.15, 0.2) is 48.5 Å². The Morgan fingerprint density at radius 1 is 1.18 bits per heavy atom. The topological polar surface area (TPSA) is 59.3 Å². The largest absolute Gasteiger partial charge is 0.487 e. The predicted octanol–water partition coefficient (Wildman–Crippen LogP) is 2.66. The molecular weight excluding hydrogens is 278 g/mol. The Labute approximate surface area is 128 Å². The fourth-order valence-corrected chi connectivity index (χ4v) is 1.72. The number of rotatable bonds is 3. The molecule has 108 valence electrons. The fourth-order valence-electron chi connectivity index (χ4n) is 1.72. The molecule has 22 heavy (non-hydrogen) atoms. The van der Waals surface area contributed by atoms with Crippen LogP contribution >= 0.6 is 0 Å². The molecule has 0 unspecified atom stereocenters. The Hall–Kier alpha value is -3.24. The van der Waals surface area contributed by atoms with Crippen molar-refractivity contribution in [2.75, 3.05) is 7.11 Å². The lowest BCUT2D eigenvalue weighted by Crippen LogP contribution is -1.98. The summed E-state index contributed by atoms with van der Waals surface area (Å²) >= 11 is 0. The van der Waals surface area contributed by atoms with Crippen LogP contribution < -0.4 is 4.74 Å². The summed E-state index contributed by atoms with van der Waals surface area (Å²) in [5, 5.41) is 9.12. The number of esters is 1. The van der Waals surface area contributed by atoms with Gasteiger partial charge >= 0.3 is 5.97 Å². The monoisotopic (exact) mass is 291 g/mol. The van der Waals surface area contributed by atoms with Crippen LogP contribution in [-0.2, 0) is 16.1 Å². The van der Waals surface area contributed by atoms with Crippen LogP contribution in [0.3, 0.4) is 0 Å². The average molecular weight is 291 g/mol. The molecule has 0 fully saturated rings. The number of carbonyl (C=O) groups excluding carboxylic acids is 1. The normalized spacial score (nSPS) is 9.09. The van der Waals surface area contributed by atoms with E-state index < -0.39 is 5.97 Å². The third kappa shape index (κ3) is 4.13. The van der Waals surface area contributed by atoms with E-state index in [1.54, 1.807) is 18.2 Å². The van der Waals surface area contributed by atoms with Gasteiger partial charge in [-0.3, -0.25) is 0 Å². The smallest absolute Gasteiger partial charge is 0.384 e. The number of ether oxygens (including phenoxy) is 2. The summed E-state index contributed by atoms with van der Waals surface area (Å²) in [6, 6.07) is 16.6. The summed E-state index contributed by atoms with van der Waals surface area (Å²) in [5.41, 5.74) is 1.99. The number of methoxy groups -OCH3 is 1. The summed E-state index contributed by atoms with van der Waals surface area (Å²) < 4.78 is 10.1. The zero-order valence-corrected chi connectivity index (χ0v) is 12.0. The van der Waals surface area contributed by atoms with Crippen molar-refractivity contribution in [3.63, 3.8) is 0 Å². The highest BCUT2D eigenvalue weighted by Gasteiger charge is 2.05. The van der Waals surface area contributed by atoms with Gasteiger partial charge in [0, 0.05) is 11.5 Å². The summed E-state index contributed by atoms with van der Waals surface area (Å²) in [5.74, 6) is 4.83. The van der Waals surface area contributed by atoms with Crippen molar-refractivity contribution in [3.05, 3.63) is 65.2 Å². The molecule has 2 aromatic carbocycles. The molecular formula is C18H13NO3. The lowest BCUT2D eigenvalue weighted by molar-refractivity contribution is -0.133. The standard InChI is InChI=1S/C18H13NO3/c1-21-18(20)10-8-14-7-9-16(12-19)17(11-14)22-13-15-5-3-2-4-6-15/h2-7,9,11H,13H2,1H3. The van der Waals surface area contributed by atoms with Crippen molar-refractivity contribution in [1.82, 2.24) is 0 Å². The minimum atomic E-state index is -0.615. The van der Waals surface area contributed by atoms with Gasteiger partial charge in [-0.1, -0.05) is 36.3 Å². The Bertz CT molecular complexity index is 764. The second-order valence-corrected chi connectivity index (χ2v) is 4.34. The molecule has 4 nitrogen and oxygen atoms in total. The van der Waals surface area contributed by atoms with Gasteiger partial charge in [-0.2, -0.15) is 5.26 Å². The van der Waals surface area contributed by atoms with Crippen LogP contribution in [0, 0.1) is 23.2 Å². The number of nitriles is 1. The zero-order valence-electron chi connectivity index (χ0n) is 12.0. The Kier molecular flexibility index (Phi) is 5.18. The van der Waals surface area contributed by atoms with E-state index in [0.29, 0.717) is 23.5 Å². The fraction of sp³-hybridized carbons (Fsp3) is 0.111. The van der Waals surface area contributed by atoms with Gasteiger partial charge in [0.15, 0.2) is 0 Å². The van der Waals surface area contributed by atoms with Crippen LogP contribution in [0.25, 0.3) is 0 Å². The van der Waals surface area contributed by atoms with E-state index in [2.05, 4.69) is 22.6 Å². The number of hydrogen-bond acceptors (Lipinski definition) is 4. The zero-order chi connectivity index (χ0) is 15.8. The van der Waals surface area contributed by atoms with Crippen molar-refractivity contribution in [2.24, 2.45) is 0 Å². The molecule has 4 heteroatoms. The summed E-state index contributed by atoms with van der Waals surface area (Å²) in [4.78, 5) is 11.0. The first-order chi connectivity index (χ1) is 10.7. The van der Waals surface area contributed by atoms with Crippen LogP contribution in [0.5, 0.6) is 5.75 Å². The molecule has 2 aromatic rings. The lowest BCUT2D eigenvalue weighted by atomic mass is 10.1. The van der Waals surface area contributed by atoms with Crippen LogP contribution in [0.2, 0.25) is 0 Å². The Balaban J connectivity index is 2.19. The van der Waals surface area contributed by atoms with E-state index >= 15 is 0 Å². The number of benzene rings is 2.